The van der Waals surface area contributed by atoms with Crippen LogP contribution < -0.4 is 14.8 Å². The second-order valence-electron chi connectivity index (χ2n) is 6.29. The van der Waals surface area contributed by atoms with Crippen molar-refractivity contribution < 1.29 is 19.0 Å². The normalized spacial score (nSPS) is 15.0. The number of amides is 1. The molecule has 1 saturated heterocycles. The maximum atomic E-state index is 11.9. The predicted octanol–water partition coefficient (Wildman–Crippen LogP) is 2.74. The fourth-order valence-corrected chi connectivity index (χ4v) is 2.18. The van der Waals surface area contributed by atoms with Crippen molar-refractivity contribution in [2.75, 3.05) is 32.6 Å². The Balaban J connectivity index is 1.89. The number of likely N-dealkylation sites (tertiary alicyclic amines) is 1. The van der Waals surface area contributed by atoms with Crippen LogP contribution in [-0.2, 0) is 4.74 Å². The molecule has 122 valence electrons. The molecule has 0 aliphatic carbocycles. The highest BCUT2D eigenvalue weighted by molar-refractivity contribution is 5.70. The number of carbonyl (C=O) groups excluding carboxylic acids is 1. The molecule has 6 nitrogen and oxygen atoms in total. The summed E-state index contributed by atoms with van der Waals surface area (Å²) in [7, 11) is 3.24. The van der Waals surface area contributed by atoms with Crippen LogP contribution in [0.1, 0.15) is 20.8 Å². The summed E-state index contributed by atoms with van der Waals surface area (Å²) in [5, 5.41) is 3.37. The summed E-state index contributed by atoms with van der Waals surface area (Å²) in [6, 6.07) is 5.80. The van der Waals surface area contributed by atoms with Gasteiger partial charge >= 0.3 is 6.09 Å². The first-order valence-electron chi connectivity index (χ1n) is 7.29. The number of nitrogens with one attached hydrogen (secondary N) is 1. The third kappa shape index (κ3) is 3.96. The van der Waals surface area contributed by atoms with E-state index in [9.17, 15) is 4.79 Å². The number of methoxy groups -OCH3 is 2. The van der Waals surface area contributed by atoms with Crippen LogP contribution >= 0.6 is 0 Å². The Morgan fingerprint density at radius 3 is 2.45 bits per heavy atom. The minimum absolute atomic E-state index is 0.190. The molecule has 1 fully saturated rings. The van der Waals surface area contributed by atoms with Crippen molar-refractivity contribution in [3.05, 3.63) is 18.2 Å². The number of hydrogen-bond donors (Lipinski definition) is 1. The number of rotatable bonds is 4. The van der Waals surface area contributed by atoms with Gasteiger partial charge in [0.15, 0.2) is 0 Å². The van der Waals surface area contributed by atoms with Gasteiger partial charge < -0.3 is 24.4 Å². The van der Waals surface area contributed by atoms with Gasteiger partial charge in [-0.2, -0.15) is 0 Å². The van der Waals surface area contributed by atoms with Gasteiger partial charge in [0.2, 0.25) is 0 Å². The summed E-state index contributed by atoms with van der Waals surface area (Å²) in [6.45, 7) is 6.82. The summed E-state index contributed by atoms with van der Waals surface area (Å²) in [5.41, 5.74) is 0.423. The summed E-state index contributed by atoms with van der Waals surface area (Å²) in [4.78, 5) is 13.6. The number of hydrogen-bond acceptors (Lipinski definition) is 5. The number of carbonyl (C=O) groups is 1. The smallest absolute Gasteiger partial charge is 0.410 e. The maximum absolute atomic E-state index is 11.9. The highest BCUT2D eigenvalue weighted by Crippen LogP contribution is 2.30. The molecule has 1 amide bonds. The van der Waals surface area contributed by atoms with Crippen molar-refractivity contribution in [1.82, 2.24) is 4.90 Å². The molecule has 0 unspecified atom stereocenters. The summed E-state index contributed by atoms with van der Waals surface area (Å²) in [5.74, 6) is 1.46. The molecule has 0 atom stereocenters. The zero-order valence-electron chi connectivity index (χ0n) is 13.8. The third-order valence-corrected chi connectivity index (χ3v) is 3.30. The number of nitrogens with zero attached hydrogens (tertiary/aromatic N) is 1. The van der Waals surface area contributed by atoms with Gasteiger partial charge in [-0.25, -0.2) is 4.79 Å². The van der Waals surface area contributed by atoms with E-state index in [0.717, 1.165) is 17.2 Å². The van der Waals surface area contributed by atoms with Gasteiger partial charge in [0.25, 0.3) is 0 Å². The molecular weight excluding hydrogens is 284 g/mol. The molecule has 0 saturated carbocycles. The molecule has 22 heavy (non-hydrogen) atoms. The first-order valence-corrected chi connectivity index (χ1v) is 7.29. The third-order valence-electron chi connectivity index (χ3n) is 3.30. The molecule has 0 bridgehead atoms. The molecule has 0 radical (unpaired) electrons. The fraction of sp³-hybridized carbons (Fsp3) is 0.562. The van der Waals surface area contributed by atoms with Gasteiger partial charge in [-0.3, -0.25) is 0 Å². The fourth-order valence-electron chi connectivity index (χ4n) is 2.18. The van der Waals surface area contributed by atoms with E-state index >= 15 is 0 Å². The molecule has 1 aromatic carbocycles. The van der Waals surface area contributed by atoms with Crippen molar-refractivity contribution in [3.8, 4) is 11.5 Å². The second kappa shape index (κ2) is 6.34. The van der Waals surface area contributed by atoms with Crippen LogP contribution in [0.2, 0.25) is 0 Å². The lowest BCUT2D eigenvalue weighted by Crippen LogP contribution is -2.57. The van der Waals surface area contributed by atoms with E-state index in [1.54, 1.807) is 19.1 Å². The van der Waals surface area contributed by atoms with Crippen molar-refractivity contribution >= 4 is 11.8 Å². The van der Waals surface area contributed by atoms with Crippen LogP contribution in [0.5, 0.6) is 11.5 Å². The van der Waals surface area contributed by atoms with Gasteiger partial charge in [-0.05, 0) is 32.9 Å². The zero-order chi connectivity index (χ0) is 16.3. The van der Waals surface area contributed by atoms with Crippen LogP contribution in [0.25, 0.3) is 0 Å². The van der Waals surface area contributed by atoms with E-state index in [4.69, 9.17) is 14.2 Å². The summed E-state index contributed by atoms with van der Waals surface area (Å²) < 4.78 is 15.9. The SMILES string of the molecule is COc1ccc(NC2CN(C(=O)OC(C)(C)C)C2)c(OC)c1. The quantitative estimate of drug-likeness (QED) is 0.927. The number of anilines is 1. The average molecular weight is 308 g/mol. The minimum atomic E-state index is -0.463. The standard InChI is InChI=1S/C16H24N2O4/c1-16(2,3)22-15(19)18-9-11(10-18)17-13-7-6-12(20-4)8-14(13)21-5/h6-8,11,17H,9-10H2,1-5H3. The Hall–Kier alpha value is -2.11. The average Bonchev–Trinajstić information content (AvgIpc) is 2.40. The Morgan fingerprint density at radius 1 is 1.23 bits per heavy atom. The molecule has 1 heterocycles. The lowest BCUT2D eigenvalue weighted by molar-refractivity contribution is 0.0105. The van der Waals surface area contributed by atoms with E-state index in [-0.39, 0.29) is 12.1 Å². The minimum Gasteiger partial charge on any atom is -0.497 e. The van der Waals surface area contributed by atoms with Crippen LogP contribution in [0.4, 0.5) is 10.5 Å². The molecule has 2 rings (SSSR count). The highest BCUT2D eigenvalue weighted by atomic mass is 16.6. The Bertz CT molecular complexity index is 533. The topological polar surface area (TPSA) is 60.0 Å². The van der Waals surface area contributed by atoms with Crippen LogP contribution in [0.3, 0.4) is 0 Å². The maximum Gasteiger partial charge on any atom is 0.410 e. The lowest BCUT2D eigenvalue weighted by Gasteiger charge is -2.40. The van der Waals surface area contributed by atoms with E-state index < -0.39 is 5.60 Å². The van der Waals surface area contributed by atoms with E-state index in [0.29, 0.717) is 13.1 Å². The Labute approximate surface area is 131 Å². The number of benzene rings is 1. The molecule has 1 aliphatic heterocycles. The van der Waals surface area contributed by atoms with Crippen LogP contribution in [0, 0.1) is 0 Å². The largest absolute Gasteiger partial charge is 0.497 e. The van der Waals surface area contributed by atoms with Crippen molar-refractivity contribution in [1.29, 1.82) is 0 Å². The van der Waals surface area contributed by atoms with E-state index in [1.165, 1.54) is 0 Å². The second-order valence-corrected chi connectivity index (χ2v) is 6.29. The molecule has 6 heteroatoms. The molecular formula is C16H24N2O4. The van der Waals surface area contributed by atoms with Crippen LogP contribution in [0.15, 0.2) is 18.2 Å². The first kappa shape index (κ1) is 16.3. The molecule has 1 aliphatic rings. The van der Waals surface area contributed by atoms with Crippen molar-refractivity contribution in [2.24, 2.45) is 0 Å². The molecule has 0 spiro atoms. The van der Waals surface area contributed by atoms with Gasteiger partial charge in [-0.15, -0.1) is 0 Å². The lowest BCUT2D eigenvalue weighted by atomic mass is 10.1. The summed E-state index contributed by atoms with van der Waals surface area (Å²) >= 11 is 0. The Morgan fingerprint density at radius 2 is 1.91 bits per heavy atom. The van der Waals surface area contributed by atoms with Crippen LogP contribution in [-0.4, -0.2) is 49.9 Å². The van der Waals surface area contributed by atoms with E-state index in [1.807, 2.05) is 39.0 Å². The molecule has 1 N–H and O–H groups in total. The predicted molar refractivity (Wildman–Crippen MR) is 84.8 cm³/mol. The van der Waals surface area contributed by atoms with Gasteiger partial charge in [-0.1, -0.05) is 0 Å². The van der Waals surface area contributed by atoms with E-state index in [2.05, 4.69) is 5.32 Å². The number of ether oxygens (including phenoxy) is 3. The zero-order valence-corrected chi connectivity index (χ0v) is 13.8. The molecule has 0 aromatic heterocycles. The summed E-state index contributed by atoms with van der Waals surface area (Å²) in [6.07, 6.45) is -0.271. The van der Waals surface area contributed by atoms with Gasteiger partial charge in [0.05, 0.1) is 25.9 Å². The van der Waals surface area contributed by atoms with Gasteiger partial charge in [0.1, 0.15) is 17.1 Å². The monoisotopic (exact) mass is 308 g/mol. The van der Waals surface area contributed by atoms with Crippen molar-refractivity contribution in [3.63, 3.8) is 0 Å². The van der Waals surface area contributed by atoms with Crippen molar-refractivity contribution in [2.45, 2.75) is 32.4 Å². The Kier molecular flexibility index (Phi) is 4.68. The first-order chi connectivity index (χ1) is 10.3. The highest BCUT2D eigenvalue weighted by Gasteiger charge is 2.33. The molecule has 1 aromatic rings. The van der Waals surface area contributed by atoms with Gasteiger partial charge in [0, 0.05) is 19.2 Å².